The van der Waals surface area contributed by atoms with E-state index in [1.807, 2.05) is 19.1 Å². The minimum atomic E-state index is -0.610. The molecule has 0 fully saturated rings. The quantitative estimate of drug-likeness (QED) is 0.808. The van der Waals surface area contributed by atoms with Gasteiger partial charge >= 0.3 is 0 Å². The molecule has 0 bridgehead atoms. The SMILES string of the molecule is COc1ccc(C(C)CC(=O)NC(C)(C)CO)c(OC)c1. The average molecular weight is 295 g/mol. The summed E-state index contributed by atoms with van der Waals surface area (Å²) >= 11 is 0. The van der Waals surface area contributed by atoms with Crippen LogP contribution in [0.1, 0.15) is 38.7 Å². The van der Waals surface area contributed by atoms with E-state index in [1.54, 1.807) is 34.1 Å². The van der Waals surface area contributed by atoms with Crippen LogP contribution in [0.3, 0.4) is 0 Å². The Bertz CT molecular complexity index is 485. The maximum absolute atomic E-state index is 12.0. The number of hydrogen-bond donors (Lipinski definition) is 2. The third-order valence-electron chi connectivity index (χ3n) is 3.34. The highest BCUT2D eigenvalue weighted by atomic mass is 16.5. The van der Waals surface area contributed by atoms with Gasteiger partial charge in [-0.3, -0.25) is 4.79 Å². The van der Waals surface area contributed by atoms with Crippen molar-refractivity contribution in [1.29, 1.82) is 0 Å². The number of carbonyl (C=O) groups excluding carboxylic acids is 1. The van der Waals surface area contributed by atoms with Crippen molar-refractivity contribution in [3.63, 3.8) is 0 Å². The Hall–Kier alpha value is -1.75. The monoisotopic (exact) mass is 295 g/mol. The smallest absolute Gasteiger partial charge is 0.221 e. The summed E-state index contributed by atoms with van der Waals surface area (Å²) in [6.07, 6.45) is 0.326. The Labute approximate surface area is 126 Å². The van der Waals surface area contributed by atoms with Crippen molar-refractivity contribution in [3.8, 4) is 11.5 Å². The fourth-order valence-electron chi connectivity index (χ4n) is 2.08. The van der Waals surface area contributed by atoms with E-state index in [0.29, 0.717) is 17.9 Å². The third-order valence-corrected chi connectivity index (χ3v) is 3.34. The fourth-order valence-corrected chi connectivity index (χ4v) is 2.08. The van der Waals surface area contributed by atoms with Crippen LogP contribution < -0.4 is 14.8 Å². The number of carbonyl (C=O) groups is 1. The molecule has 1 atom stereocenters. The van der Waals surface area contributed by atoms with Crippen LogP contribution in [0.15, 0.2) is 18.2 Å². The summed E-state index contributed by atoms with van der Waals surface area (Å²) in [5.41, 5.74) is 0.344. The van der Waals surface area contributed by atoms with Crippen LogP contribution in [0.25, 0.3) is 0 Å². The number of ether oxygens (including phenoxy) is 2. The van der Waals surface area contributed by atoms with E-state index in [1.165, 1.54) is 0 Å². The van der Waals surface area contributed by atoms with Crippen molar-refractivity contribution in [2.24, 2.45) is 0 Å². The normalized spacial score (nSPS) is 12.7. The molecule has 0 radical (unpaired) electrons. The number of rotatable bonds is 7. The van der Waals surface area contributed by atoms with E-state index in [2.05, 4.69) is 5.32 Å². The lowest BCUT2D eigenvalue weighted by Gasteiger charge is -2.24. The summed E-state index contributed by atoms with van der Waals surface area (Å²) in [7, 11) is 3.20. The molecule has 1 aromatic rings. The molecule has 0 spiro atoms. The molecule has 0 saturated carbocycles. The maximum Gasteiger partial charge on any atom is 0.221 e. The van der Waals surface area contributed by atoms with Crippen molar-refractivity contribution in [3.05, 3.63) is 23.8 Å². The molecule has 0 aromatic heterocycles. The zero-order valence-corrected chi connectivity index (χ0v) is 13.4. The van der Waals surface area contributed by atoms with Gasteiger partial charge in [-0.1, -0.05) is 13.0 Å². The number of methoxy groups -OCH3 is 2. The molecule has 1 unspecified atom stereocenters. The predicted molar refractivity (Wildman–Crippen MR) is 81.9 cm³/mol. The highest BCUT2D eigenvalue weighted by Crippen LogP contribution is 2.32. The van der Waals surface area contributed by atoms with Crippen molar-refractivity contribution in [2.75, 3.05) is 20.8 Å². The minimum absolute atomic E-state index is 0.000323. The topological polar surface area (TPSA) is 67.8 Å². The summed E-state index contributed by atoms with van der Waals surface area (Å²) in [4.78, 5) is 12.0. The Balaban J connectivity index is 2.80. The van der Waals surface area contributed by atoms with Gasteiger partial charge in [0, 0.05) is 12.5 Å². The fraction of sp³-hybridized carbons (Fsp3) is 0.562. The lowest BCUT2D eigenvalue weighted by molar-refractivity contribution is -0.123. The van der Waals surface area contributed by atoms with E-state index in [0.717, 1.165) is 5.56 Å². The Morgan fingerprint density at radius 3 is 2.52 bits per heavy atom. The number of benzene rings is 1. The molecule has 0 aliphatic rings. The zero-order chi connectivity index (χ0) is 16.0. The van der Waals surface area contributed by atoms with Crippen molar-refractivity contribution < 1.29 is 19.4 Å². The highest BCUT2D eigenvalue weighted by Gasteiger charge is 2.22. The largest absolute Gasteiger partial charge is 0.497 e. The number of aliphatic hydroxyl groups is 1. The van der Waals surface area contributed by atoms with E-state index >= 15 is 0 Å². The molecule has 2 N–H and O–H groups in total. The van der Waals surface area contributed by atoms with Gasteiger partial charge in [0.15, 0.2) is 0 Å². The van der Waals surface area contributed by atoms with E-state index in [-0.39, 0.29) is 18.4 Å². The summed E-state index contributed by atoms with van der Waals surface area (Å²) in [6, 6.07) is 5.57. The second kappa shape index (κ2) is 7.31. The van der Waals surface area contributed by atoms with E-state index < -0.39 is 5.54 Å². The Morgan fingerprint density at radius 2 is 2.00 bits per heavy atom. The molecule has 1 aromatic carbocycles. The number of amides is 1. The van der Waals surface area contributed by atoms with Gasteiger partial charge in [-0.2, -0.15) is 0 Å². The first-order chi connectivity index (χ1) is 9.82. The summed E-state index contributed by atoms with van der Waals surface area (Å²) in [6.45, 7) is 5.43. The van der Waals surface area contributed by atoms with Crippen LogP contribution in [0.2, 0.25) is 0 Å². The van der Waals surface area contributed by atoms with Gasteiger partial charge in [-0.15, -0.1) is 0 Å². The highest BCUT2D eigenvalue weighted by molar-refractivity contribution is 5.77. The van der Waals surface area contributed by atoms with Gasteiger partial charge in [-0.05, 0) is 31.4 Å². The lowest BCUT2D eigenvalue weighted by Crippen LogP contribution is -2.46. The van der Waals surface area contributed by atoms with Gasteiger partial charge in [0.2, 0.25) is 5.91 Å². The molecular formula is C16H25NO4. The maximum atomic E-state index is 12.0. The van der Waals surface area contributed by atoms with Crippen molar-refractivity contribution in [2.45, 2.75) is 38.6 Å². The van der Waals surface area contributed by atoms with Gasteiger partial charge in [0.1, 0.15) is 11.5 Å². The predicted octanol–water partition coefficient (Wildman–Crippen LogP) is 2.08. The van der Waals surface area contributed by atoms with Crippen LogP contribution in [-0.4, -0.2) is 37.4 Å². The van der Waals surface area contributed by atoms with E-state index in [4.69, 9.17) is 9.47 Å². The average Bonchev–Trinajstić information content (AvgIpc) is 2.45. The third kappa shape index (κ3) is 4.93. The summed E-state index contributed by atoms with van der Waals surface area (Å²) in [5, 5.41) is 12.0. The molecule has 1 rings (SSSR count). The molecule has 118 valence electrons. The lowest BCUT2D eigenvalue weighted by atomic mass is 9.95. The van der Waals surface area contributed by atoms with Crippen LogP contribution >= 0.6 is 0 Å². The number of aliphatic hydroxyl groups excluding tert-OH is 1. The second-order valence-corrected chi connectivity index (χ2v) is 5.80. The Morgan fingerprint density at radius 1 is 1.33 bits per heavy atom. The molecule has 0 heterocycles. The van der Waals surface area contributed by atoms with Crippen LogP contribution in [-0.2, 0) is 4.79 Å². The second-order valence-electron chi connectivity index (χ2n) is 5.80. The molecular weight excluding hydrogens is 270 g/mol. The first kappa shape index (κ1) is 17.3. The summed E-state index contributed by atoms with van der Waals surface area (Å²) < 4.78 is 10.5. The first-order valence-corrected chi connectivity index (χ1v) is 6.96. The van der Waals surface area contributed by atoms with Gasteiger partial charge in [-0.25, -0.2) is 0 Å². The number of hydrogen-bond acceptors (Lipinski definition) is 4. The molecule has 0 aliphatic carbocycles. The van der Waals surface area contributed by atoms with Crippen molar-refractivity contribution in [1.82, 2.24) is 5.32 Å². The van der Waals surface area contributed by atoms with Gasteiger partial charge in [0.05, 0.1) is 26.4 Å². The van der Waals surface area contributed by atoms with Crippen LogP contribution in [0.5, 0.6) is 11.5 Å². The molecule has 1 amide bonds. The zero-order valence-electron chi connectivity index (χ0n) is 13.4. The van der Waals surface area contributed by atoms with Crippen LogP contribution in [0, 0.1) is 0 Å². The molecule has 5 heteroatoms. The summed E-state index contributed by atoms with van der Waals surface area (Å²) in [5.74, 6) is 1.32. The molecule has 5 nitrogen and oxygen atoms in total. The standard InChI is InChI=1S/C16H25NO4/c1-11(8-15(19)17-16(2,3)10-18)13-7-6-12(20-4)9-14(13)21-5/h6-7,9,11,18H,8,10H2,1-5H3,(H,17,19). The van der Waals surface area contributed by atoms with Crippen LogP contribution in [0.4, 0.5) is 0 Å². The minimum Gasteiger partial charge on any atom is -0.497 e. The van der Waals surface area contributed by atoms with Gasteiger partial charge in [0.25, 0.3) is 0 Å². The Kier molecular flexibility index (Phi) is 6.03. The first-order valence-electron chi connectivity index (χ1n) is 6.96. The van der Waals surface area contributed by atoms with E-state index in [9.17, 15) is 9.90 Å². The van der Waals surface area contributed by atoms with Crippen molar-refractivity contribution >= 4 is 5.91 Å². The molecule has 0 aliphatic heterocycles. The van der Waals surface area contributed by atoms with Gasteiger partial charge < -0.3 is 19.9 Å². The molecule has 21 heavy (non-hydrogen) atoms. The number of nitrogens with one attached hydrogen (secondary N) is 1. The molecule has 0 saturated heterocycles.